The first-order valence-electron chi connectivity index (χ1n) is 5.19. The van der Waals surface area contributed by atoms with Gasteiger partial charge in [0.25, 0.3) is 0 Å². The lowest BCUT2D eigenvalue weighted by molar-refractivity contribution is 0.220. The van der Waals surface area contributed by atoms with Crippen molar-refractivity contribution in [1.29, 1.82) is 0 Å². The Morgan fingerprint density at radius 1 is 1.22 bits per heavy atom. The van der Waals surface area contributed by atoms with Crippen LogP contribution in [-0.2, 0) is 5.67 Å². The minimum atomic E-state index is -1.80. The lowest BCUT2D eigenvalue weighted by atomic mass is 9.95. The monoisotopic (exact) mass is 256 g/mol. The first kappa shape index (κ1) is 12.5. The van der Waals surface area contributed by atoms with Crippen LogP contribution in [-0.4, -0.2) is 5.16 Å². The van der Waals surface area contributed by atoms with Crippen LogP contribution >= 0.6 is 0 Å². The molecule has 0 radical (unpaired) electrons. The van der Waals surface area contributed by atoms with Crippen molar-refractivity contribution in [3.8, 4) is 11.1 Å². The van der Waals surface area contributed by atoms with E-state index in [1.165, 1.54) is 19.9 Å². The number of nitrogens with two attached hydrogens (primary N) is 1. The summed E-state index contributed by atoms with van der Waals surface area (Å²) in [5.74, 6) is -2.41. The topological polar surface area (TPSA) is 52.0 Å². The van der Waals surface area contributed by atoms with Gasteiger partial charge in [-0.2, -0.15) is 0 Å². The van der Waals surface area contributed by atoms with E-state index in [-0.39, 0.29) is 22.6 Å². The van der Waals surface area contributed by atoms with Gasteiger partial charge in [0.1, 0.15) is 5.67 Å². The van der Waals surface area contributed by atoms with Gasteiger partial charge < -0.3 is 10.3 Å². The van der Waals surface area contributed by atoms with Gasteiger partial charge in [0.2, 0.25) is 5.88 Å². The summed E-state index contributed by atoms with van der Waals surface area (Å²) in [5.41, 5.74) is 3.58. The van der Waals surface area contributed by atoms with Crippen molar-refractivity contribution >= 4 is 5.88 Å². The lowest BCUT2D eigenvalue weighted by Crippen LogP contribution is -2.10. The number of benzene rings is 1. The highest BCUT2D eigenvalue weighted by Crippen LogP contribution is 2.34. The number of nitrogens with zero attached hydrogens (tertiary/aromatic N) is 1. The zero-order valence-corrected chi connectivity index (χ0v) is 9.80. The van der Waals surface area contributed by atoms with E-state index in [1.807, 2.05) is 0 Å². The van der Waals surface area contributed by atoms with E-state index < -0.39 is 17.3 Å². The summed E-state index contributed by atoms with van der Waals surface area (Å²) in [6.45, 7) is 2.50. The molecule has 0 aliphatic heterocycles. The SMILES string of the molecule is CC(C)(F)c1cc(F)c(F)c(-c2cnoc2N)c1. The van der Waals surface area contributed by atoms with Gasteiger partial charge in [-0.1, -0.05) is 5.16 Å². The molecule has 3 nitrogen and oxygen atoms in total. The van der Waals surface area contributed by atoms with Crippen molar-refractivity contribution in [3.63, 3.8) is 0 Å². The molecule has 1 aromatic heterocycles. The first-order valence-corrected chi connectivity index (χ1v) is 5.19. The van der Waals surface area contributed by atoms with Gasteiger partial charge >= 0.3 is 0 Å². The van der Waals surface area contributed by atoms with Gasteiger partial charge in [0.15, 0.2) is 11.6 Å². The van der Waals surface area contributed by atoms with Crippen molar-refractivity contribution in [1.82, 2.24) is 5.16 Å². The highest BCUT2D eigenvalue weighted by molar-refractivity contribution is 5.73. The second kappa shape index (κ2) is 4.04. The summed E-state index contributed by atoms with van der Waals surface area (Å²) in [6, 6.07) is 2.02. The predicted octanol–water partition coefficient (Wildman–Crippen LogP) is 3.41. The van der Waals surface area contributed by atoms with Crippen molar-refractivity contribution in [2.75, 3.05) is 5.73 Å². The number of alkyl halides is 1. The molecular weight excluding hydrogens is 245 g/mol. The molecule has 0 amide bonds. The number of aromatic nitrogens is 1. The third-order valence-electron chi connectivity index (χ3n) is 2.60. The summed E-state index contributed by atoms with van der Waals surface area (Å²) in [7, 11) is 0. The summed E-state index contributed by atoms with van der Waals surface area (Å²) < 4.78 is 45.5. The molecule has 0 aliphatic rings. The molecule has 96 valence electrons. The van der Waals surface area contributed by atoms with Crippen molar-refractivity contribution in [2.45, 2.75) is 19.5 Å². The maximum absolute atomic E-state index is 13.8. The van der Waals surface area contributed by atoms with Crippen LogP contribution in [0.5, 0.6) is 0 Å². The standard InChI is InChI=1S/C12H11F3N2O/c1-12(2,15)6-3-7(10(14)9(13)4-6)8-5-17-18-11(8)16/h3-5H,16H2,1-2H3. The molecule has 1 aromatic carbocycles. The minimum Gasteiger partial charge on any atom is -0.367 e. The molecule has 0 unspecified atom stereocenters. The van der Waals surface area contributed by atoms with E-state index in [0.717, 1.165) is 12.3 Å². The molecule has 2 rings (SSSR count). The number of rotatable bonds is 2. The average molecular weight is 256 g/mol. The van der Waals surface area contributed by atoms with Crippen molar-refractivity contribution in [3.05, 3.63) is 35.5 Å². The molecular formula is C12H11F3N2O. The van der Waals surface area contributed by atoms with E-state index in [4.69, 9.17) is 5.73 Å². The third kappa shape index (κ3) is 2.05. The molecule has 2 N–H and O–H groups in total. The zero-order valence-electron chi connectivity index (χ0n) is 9.80. The Labute approximate surface area is 101 Å². The van der Waals surface area contributed by atoms with Crippen molar-refractivity contribution < 1.29 is 17.7 Å². The Morgan fingerprint density at radius 3 is 2.39 bits per heavy atom. The highest BCUT2D eigenvalue weighted by Gasteiger charge is 2.24. The van der Waals surface area contributed by atoms with Crippen LogP contribution in [0.15, 0.2) is 22.9 Å². The first-order chi connectivity index (χ1) is 8.30. The lowest BCUT2D eigenvalue weighted by Gasteiger charge is -2.16. The molecule has 0 saturated heterocycles. The second-order valence-electron chi connectivity index (χ2n) is 4.40. The van der Waals surface area contributed by atoms with Crippen LogP contribution in [0.1, 0.15) is 19.4 Å². The summed E-state index contributed by atoms with van der Waals surface area (Å²) >= 11 is 0. The number of anilines is 1. The minimum absolute atomic E-state index is 0.0111. The summed E-state index contributed by atoms with van der Waals surface area (Å²) in [5, 5.41) is 3.38. The largest absolute Gasteiger partial charge is 0.367 e. The molecule has 0 spiro atoms. The van der Waals surface area contributed by atoms with Gasteiger partial charge in [-0.3, -0.25) is 0 Å². The normalized spacial score (nSPS) is 11.8. The van der Waals surface area contributed by atoms with Gasteiger partial charge in [-0.15, -0.1) is 0 Å². The Hall–Kier alpha value is -1.98. The fourth-order valence-electron chi connectivity index (χ4n) is 1.58. The Balaban J connectivity index is 2.68. The van der Waals surface area contributed by atoms with Crippen LogP contribution in [0.25, 0.3) is 11.1 Å². The number of halogens is 3. The van der Waals surface area contributed by atoms with Crippen molar-refractivity contribution in [2.24, 2.45) is 0 Å². The van der Waals surface area contributed by atoms with Crippen LogP contribution in [0.3, 0.4) is 0 Å². The van der Waals surface area contributed by atoms with E-state index in [0.29, 0.717) is 0 Å². The molecule has 2 aromatic rings. The molecule has 1 heterocycles. The smallest absolute Gasteiger partial charge is 0.230 e. The number of hydrogen-bond donors (Lipinski definition) is 1. The van der Waals surface area contributed by atoms with Gasteiger partial charge in [-0.05, 0) is 31.5 Å². The van der Waals surface area contributed by atoms with Gasteiger partial charge in [0.05, 0.1) is 11.8 Å². The zero-order chi connectivity index (χ0) is 13.5. The average Bonchev–Trinajstić information content (AvgIpc) is 2.67. The Morgan fingerprint density at radius 2 is 1.89 bits per heavy atom. The molecule has 6 heteroatoms. The fraction of sp³-hybridized carbons (Fsp3) is 0.250. The molecule has 0 bridgehead atoms. The van der Waals surface area contributed by atoms with Gasteiger partial charge in [0, 0.05) is 5.56 Å². The summed E-state index contributed by atoms with van der Waals surface area (Å²) in [6.07, 6.45) is 1.15. The van der Waals surface area contributed by atoms with Crippen LogP contribution in [0.4, 0.5) is 19.1 Å². The highest BCUT2D eigenvalue weighted by atomic mass is 19.2. The Bertz CT molecular complexity index is 587. The third-order valence-corrected chi connectivity index (χ3v) is 2.60. The molecule has 0 fully saturated rings. The van der Waals surface area contributed by atoms with E-state index in [2.05, 4.69) is 9.68 Å². The molecule has 0 saturated carbocycles. The van der Waals surface area contributed by atoms with Gasteiger partial charge in [-0.25, -0.2) is 13.2 Å². The number of hydrogen-bond acceptors (Lipinski definition) is 3. The number of nitrogen functional groups attached to an aromatic ring is 1. The maximum Gasteiger partial charge on any atom is 0.230 e. The molecule has 18 heavy (non-hydrogen) atoms. The molecule has 0 aliphatic carbocycles. The second-order valence-corrected chi connectivity index (χ2v) is 4.40. The quantitative estimate of drug-likeness (QED) is 0.895. The Kier molecular flexibility index (Phi) is 2.80. The van der Waals surface area contributed by atoms with Crippen LogP contribution < -0.4 is 5.73 Å². The fourth-order valence-corrected chi connectivity index (χ4v) is 1.58. The van der Waals surface area contributed by atoms with Crippen LogP contribution in [0.2, 0.25) is 0 Å². The summed E-state index contributed by atoms with van der Waals surface area (Å²) in [4.78, 5) is 0. The van der Waals surface area contributed by atoms with Crippen LogP contribution in [0, 0.1) is 11.6 Å². The van der Waals surface area contributed by atoms with E-state index >= 15 is 0 Å². The molecule has 0 atom stereocenters. The van der Waals surface area contributed by atoms with E-state index in [1.54, 1.807) is 0 Å². The maximum atomic E-state index is 13.8. The predicted molar refractivity (Wildman–Crippen MR) is 60.4 cm³/mol. The van der Waals surface area contributed by atoms with E-state index in [9.17, 15) is 13.2 Å².